The Morgan fingerprint density at radius 1 is 0.213 bits per heavy atom. The van der Waals surface area contributed by atoms with Gasteiger partial charge in [-0.3, -0.25) is 0 Å². The van der Waals surface area contributed by atoms with Gasteiger partial charge in [0.25, 0.3) is 0 Å². The van der Waals surface area contributed by atoms with Crippen LogP contribution in [0.4, 0.5) is 0 Å². The Bertz CT molecular complexity index is 3150. The van der Waals surface area contributed by atoms with Crippen molar-refractivity contribution in [1.82, 2.24) is 15.0 Å². The second-order valence-electron chi connectivity index (χ2n) is 15.9. The van der Waals surface area contributed by atoms with Gasteiger partial charge in [-0.2, -0.15) is 0 Å². The standard InChI is InChI=1S/C58H37N3/c1-3-17-38(18-4-1)40-21-15-23-43(35-40)55-59-56(44-24-16-22-41(36-44)39-19-5-2-6-20-39)61-57(60-55)50-29-8-7-25-45(50)42-33-34-49-48-28-11-14-32-53(48)58(54(49)37-42)51-30-12-9-26-46(51)47-27-10-13-31-52(47)58/h1-37H. The molecule has 2 aliphatic carbocycles. The lowest BCUT2D eigenvalue weighted by atomic mass is 9.70. The molecule has 0 radical (unpaired) electrons. The van der Waals surface area contributed by atoms with Crippen LogP contribution in [0.15, 0.2) is 224 Å². The molecular weight excluding hydrogens is 739 g/mol. The van der Waals surface area contributed by atoms with Crippen molar-refractivity contribution >= 4 is 0 Å². The Hall–Kier alpha value is -8.01. The van der Waals surface area contributed by atoms with E-state index in [1.807, 2.05) is 12.1 Å². The molecule has 0 unspecified atom stereocenters. The first-order chi connectivity index (χ1) is 30.2. The van der Waals surface area contributed by atoms with E-state index in [2.05, 4.69) is 212 Å². The highest BCUT2D eigenvalue weighted by Crippen LogP contribution is 2.63. The second-order valence-corrected chi connectivity index (χ2v) is 15.9. The number of fused-ring (bicyclic) bond motifs is 10. The van der Waals surface area contributed by atoms with Crippen molar-refractivity contribution in [2.24, 2.45) is 0 Å². The molecule has 0 bridgehead atoms. The Morgan fingerprint density at radius 2 is 0.590 bits per heavy atom. The summed E-state index contributed by atoms with van der Waals surface area (Å²) >= 11 is 0. The third-order valence-electron chi connectivity index (χ3n) is 12.6. The quantitative estimate of drug-likeness (QED) is 0.169. The second kappa shape index (κ2) is 14.1. The molecule has 1 heterocycles. The predicted molar refractivity (Wildman–Crippen MR) is 249 cm³/mol. The summed E-state index contributed by atoms with van der Waals surface area (Å²) in [5.41, 5.74) is 19.5. The van der Waals surface area contributed by atoms with Crippen molar-refractivity contribution in [3.63, 3.8) is 0 Å². The van der Waals surface area contributed by atoms with E-state index in [9.17, 15) is 0 Å². The van der Waals surface area contributed by atoms with Gasteiger partial charge in [-0.15, -0.1) is 0 Å². The fourth-order valence-electron chi connectivity index (χ4n) is 9.88. The maximum absolute atomic E-state index is 5.31. The van der Waals surface area contributed by atoms with Crippen LogP contribution in [-0.2, 0) is 5.41 Å². The average Bonchev–Trinajstić information content (AvgIpc) is 3.81. The van der Waals surface area contributed by atoms with E-state index >= 15 is 0 Å². The van der Waals surface area contributed by atoms with Gasteiger partial charge in [0.2, 0.25) is 0 Å². The zero-order valence-corrected chi connectivity index (χ0v) is 33.2. The Kier molecular flexibility index (Phi) is 8.07. The summed E-state index contributed by atoms with van der Waals surface area (Å²) < 4.78 is 0. The van der Waals surface area contributed by atoms with Crippen LogP contribution in [0.2, 0.25) is 0 Å². The molecule has 61 heavy (non-hydrogen) atoms. The van der Waals surface area contributed by atoms with Crippen LogP contribution in [-0.4, -0.2) is 15.0 Å². The summed E-state index contributed by atoms with van der Waals surface area (Å²) in [5, 5.41) is 0. The normalized spacial score (nSPS) is 12.7. The molecule has 1 spiro atoms. The molecule has 9 aromatic carbocycles. The minimum Gasteiger partial charge on any atom is -0.208 e. The molecule has 0 N–H and O–H groups in total. The summed E-state index contributed by atoms with van der Waals surface area (Å²) in [4.78, 5) is 15.8. The number of nitrogens with zero attached hydrogens (tertiary/aromatic N) is 3. The molecule has 0 saturated heterocycles. The molecule has 0 fully saturated rings. The average molecular weight is 776 g/mol. The highest BCUT2D eigenvalue weighted by Gasteiger charge is 2.51. The first-order valence-corrected chi connectivity index (χ1v) is 20.9. The zero-order valence-electron chi connectivity index (χ0n) is 33.2. The molecule has 2 aliphatic rings. The van der Waals surface area contributed by atoms with Gasteiger partial charge in [-0.25, -0.2) is 15.0 Å². The van der Waals surface area contributed by atoms with Gasteiger partial charge in [0.1, 0.15) is 0 Å². The van der Waals surface area contributed by atoms with Crippen LogP contribution in [0, 0.1) is 0 Å². The van der Waals surface area contributed by atoms with Gasteiger partial charge in [-0.05, 0) is 96.1 Å². The van der Waals surface area contributed by atoms with Crippen molar-refractivity contribution in [2.75, 3.05) is 0 Å². The van der Waals surface area contributed by atoms with Gasteiger partial charge < -0.3 is 0 Å². The van der Waals surface area contributed by atoms with Crippen molar-refractivity contribution in [3.8, 4) is 89.8 Å². The molecule has 12 rings (SSSR count). The number of aromatic nitrogens is 3. The van der Waals surface area contributed by atoms with Gasteiger partial charge in [0.05, 0.1) is 5.41 Å². The van der Waals surface area contributed by atoms with E-state index in [1.54, 1.807) is 0 Å². The van der Waals surface area contributed by atoms with Gasteiger partial charge >= 0.3 is 0 Å². The molecule has 3 heteroatoms. The summed E-state index contributed by atoms with van der Waals surface area (Å²) in [6.45, 7) is 0. The lowest BCUT2D eigenvalue weighted by Crippen LogP contribution is -2.25. The highest BCUT2D eigenvalue weighted by molar-refractivity contribution is 5.96. The minimum absolute atomic E-state index is 0.439. The van der Waals surface area contributed by atoms with Crippen LogP contribution >= 0.6 is 0 Å². The van der Waals surface area contributed by atoms with Crippen LogP contribution in [0.3, 0.4) is 0 Å². The Balaban J connectivity index is 1.06. The first-order valence-electron chi connectivity index (χ1n) is 20.9. The van der Waals surface area contributed by atoms with Crippen molar-refractivity contribution in [1.29, 1.82) is 0 Å². The highest BCUT2D eigenvalue weighted by atomic mass is 15.0. The van der Waals surface area contributed by atoms with Crippen LogP contribution in [0.5, 0.6) is 0 Å². The fourth-order valence-corrected chi connectivity index (χ4v) is 9.88. The van der Waals surface area contributed by atoms with E-state index in [1.165, 1.54) is 44.5 Å². The maximum atomic E-state index is 5.31. The van der Waals surface area contributed by atoms with E-state index in [-0.39, 0.29) is 0 Å². The molecule has 0 amide bonds. The number of hydrogen-bond donors (Lipinski definition) is 0. The summed E-state index contributed by atoms with van der Waals surface area (Å²) in [5.74, 6) is 1.88. The molecular formula is C58H37N3. The van der Waals surface area contributed by atoms with Crippen molar-refractivity contribution in [2.45, 2.75) is 5.41 Å². The summed E-state index contributed by atoms with van der Waals surface area (Å²) in [6, 6.07) is 80.4. The molecule has 0 atom stereocenters. The van der Waals surface area contributed by atoms with Crippen molar-refractivity contribution < 1.29 is 0 Å². The first kappa shape index (κ1) is 35.0. The number of benzene rings is 9. The number of hydrogen-bond acceptors (Lipinski definition) is 3. The van der Waals surface area contributed by atoms with Gasteiger partial charge in [-0.1, -0.05) is 206 Å². The van der Waals surface area contributed by atoms with E-state index in [0.29, 0.717) is 17.5 Å². The minimum atomic E-state index is -0.439. The lowest BCUT2D eigenvalue weighted by Gasteiger charge is -2.30. The van der Waals surface area contributed by atoms with Gasteiger partial charge in [0.15, 0.2) is 17.5 Å². The largest absolute Gasteiger partial charge is 0.208 e. The van der Waals surface area contributed by atoms with Crippen molar-refractivity contribution in [3.05, 3.63) is 247 Å². The zero-order chi connectivity index (χ0) is 40.3. The van der Waals surface area contributed by atoms with Gasteiger partial charge in [0, 0.05) is 16.7 Å². The fraction of sp³-hybridized carbons (Fsp3) is 0.0172. The Labute approximate surface area is 355 Å². The Morgan fingerprint density at radius 3 is 1.10 bits per heavy atom. The molecule has 0 saturated carbocycles. The smallest absolute Gasteiger partial charge is 0.164 e. The molecule has 0 aliphatic heterocycles. The lowest BCUT2D eigenvalue weighted by molar-refractivity contribution is 0.794. The SMILES string of the molecule is c1ccc(-c2cccc(-c3nc(-c4cccc(-c5ccccc5)c4)nc(-c4ccccc4-c4ccc5c(c4)C4(c6ccccc6-c6ccccc64)c4ccccc4-5)n3)c2)cc1. The van der Waals surface area contributed by atoms with E-state index in [4.69, 9.17) is 15.0 Å². The molecule has 284 valence electrons. The third-order valence-corrected chi connectivity index (χ3v) is 12.6. The number of rotatable bonds is 6. The topological polar surface area (TPSA) is 38.7 Å². The molecule has 3 nitrogen and oxygen atoms in total. The van der Waals surface area contributed by atoms with Crippen LogP contribution < -0.4 is 0 Å². The summed E-state index contributed by atoms with van der Waals surface area (Å²) in [6.07, 6.45) is 0. The van der Waals surface area contributed by atoms with E-state index < -0.39 is 5.41 Å². The van der Waals surface area contributed by atoms with Crippen LogP contribution in [0.25, 0.3) is 89.8 Å². The third kappa shape index (κ3) is 5.55. The predicted octanol–water partition coefficient (Wildman–Crippen LogP) is 14.2. The molecule has 1 aromatic heterocycles. The maximum Gasteiger partial charge on any atom is 0.164 e. The van der Waals surface area contributed by atoms with E-state index in [0.717, 1.165) is 50.1 Å². The summed E-state index contributed by atoms with van der Waals surface area (Å²) in [7, 11) is 0. The van der Waals surface area contributed by atoms with Crippen LogP contribution in [0.1, 0.15) is 22.3 Å². The molecule has 10 aromatic rings. The monoisotopic (exact) mass is 775 g/mol.